The highest BCUT2D eigenvalue weighted by Crippen LogP contribution is 2.20. The lowest BCUT2D eigenvalue weighted by Gasteiger charge is -2.19. The molecule has 1 N–H and O–H groups in total. The molecule has 0 aliphatic heterocycles. The maximum atomic E-state index is 13.0. The van der Waals surface area contributed by atoms with Gasteiger partial charge >= 0.3 is 0 Å². The zero-order valence-electron chi connectivity index (χ0n) is 18.7. The fourth-order valence-electron chi connectivity index (χ4n) is 3.61. The lowest BCUT2D eigenvalue weighted by molar-refractivity contribution is 0.0934. The molecule has 1 amide bonds. The average Bonchev–Trinajstić information content (AvgIpc) is 2.80. The number of rotatable bonds is 8. The predicted molar refractivity (Wildman–Crippen MR) is 124 cm³/mol. The van der Waals surface area contributed by atoms with E-state index in [2.05, 4.69) is 10.4 Å². The highest BCUT2D eigenvalue weighted by atomic mass is 32.2. The lowest BCUT2D eigenvalue weighted by atomic mass is 10.1. The van der Waals surface area contributed by atoms with Crippen LogP contribution in [-0.2, 0) is 16.6 Å². The summed E-state index contributed by atoms with van der Waals surface area (Å²) in [6.07, 6.45) is 0. The van der Waals surface area contributed by atoms with Gasteiger partial charge in [-0.1, -0.05) is 44.2 Å². The molecular weight excluding hydrogens is 428 g/mol. The molecule has 0 radical (unpaired) electrons. The lowest BCUT2D eigenvalue weighted by Crippen LogP contribution is -2.32. The van der Waals surface area contributed by atoms with Gasteiger partial charge in [-0.3, -0.25) is 9.59 Å². The number of benzene rings is 2. The summed E-state index contributed by atoms with van der Waals surface area (Å²) in [4.78, 5) is 25.7. The van der Waals surface area contributed by atoms with Crippen molar-refractivity contribution in [3.63, 3.8) is 0 Å². The van der Waals surface area contributed by atoms with Gasteiger partial charge in [0.05, 0.1) is 16.3 Å². The van der Waals surface area contributed by atoms with E-state index >= 15 is 0 Å². The van der Waals surface area contributed by atoms with Crippen LogP contribution >= 0.6 is 0 Å². The third kappa shape index (κ3) is 4.44. The first kappa shape index (κ1) is 23.6. The molecule has 8 nitrogen and oxygen atoms in total. The maximum Gasteiger partial charge on any atom is 0.274 e. The van der Waals surface area contributed by atoms with Crippen LogP contribution < -0.4 is 10.9 Å². The second-order valence-corrected chi connectivity index (χ2v) is 9.31. The van der Waals surface area contributed by atoms with Gasteiger partial charge in [0.1, 0.15) is 0 Å². The number of nitrogens with one attached hydrogen (secondary N) is 1. The Kier molecular flexibility index (Phi) is 7.10. The van der Waals surface area contributed by atoms with Crippen LogP contribution in [0.5, 0.6) is 0 Å². The molecule has 3 rings (SSSR count). The van der Waals surface area contributed by atoms with Crippen LogP contribution in [0.25, 0.3) is 10.8 Å². The summed E-state index contributed by atoms with van der Waals surface area (Å²) >= 11 is 0. The van der Waals surface area contributed by atoms with Crippen molar-refractivity contribution < 1.29 is 13.2 Å². The Morgan fingerprint density at radius 1 is 1.03 bits per heavy atom. The molecule has 1 heterocycles. The number of aromatic nitrogens is 2. The average molecular weight is 457 g/mol. The molecule has 32 heavy (non-hydrogen) atoms. The smallest absolute Gasteiger partial charge is 0.274 e. The molecule has 0 bridgehead atoms. The van der Waals surface area contributed by atoms with Gasteiger partial charge in [-0.15, -0.1) is 0 Å². The Hall–Kier alpha value is -3.04. The minimum Gasteiger partial charge on any atom is -0.344 e. The standard InChI is InChI=1S/C23H28N4O4S/c1-5-26(6-2)32(30,31)18-14-12-17(13-15-18)16(4)24-22(28)21-19-10-8-9-11-20(19)23(29)27(7-3)25-21/h8-16H,5-7H2,1-4H3,(H,24,28)/t16-/m0/s1. The topological polar surface area (TPSA) is 101 Å². The van der Waals surface area contributed by atoms with Crippen LogP contribution in [0.3, 0.4) is 0 Å². The van der Waals surface area contributed by atoms with Gasteiger partial charge in [-0.05, 0) is 37.6 Å². The third-order valence-electron chi connectivity index (χ3n) is 5.45. The number of hydrogen-bond donors (Lipinski definition) is 1. The van der Waals surface area contributed by atoms with Crippen molar-refractivity contribution in [1.82, 2.24) is 19.4 Å². The first-order valence-corrected chi connectivity index (χ1v) is 12.1. The Bertz CT molecular complexity index is 1280. The highest BCUT2D eigenvalue weighted by Gasteiger charge is 2.22. The quantitative estimate of drug-likeness (QED) is 0.562. The van der Waals surface area contributed by atoms with E-state index in [1.807, 2.05) is 6.92 Å². The molecule has 0 fully saturated rings. The monoisotopic (exact) mass is 456 g/mol. The predicted octanol–water partition coefficient (Wildman–Crippen LogP) is 2.94. The van der Waals surface area contributed by atoms with E-state index in [-0.39, 0.29) is 16.1 Å². The highest BCUT2D eigenvalue weighted by molar-refractivity contribution is 7.89. The Morgan fingerprint density at radius 2 is 1.62 bits per heavy atom. The van der Waals surface area contributed by atoms with E-state index in [0.717, 1.165) is 5.56 Å². The summed E-state index contributed by atoms with van der Waals surface area (Å²) in [7, 11) is -3.54. The largest absolute Gasteiger partial charge is 0.344 e. The van der Waals surface area contributed by atoms with Gasteiger partial charge in [0, 0.05) is 25.0 Å². The van der Waals surface area contributed by atoms with Gasteiger partial charge in [0.2, 0.25) is 10.0 Å². The molecule has 0 aliphatic rings. The van der Waals surface area contributed by atoms with Crippen molar-refractivity contribution in [2.24, 2.45) is 0 Å². The number of hydrogen-bond acceptors (Lipinski definition) is 5. The molecule has 1 aromatic heterocycles. The fourth-order valence-corrected chi connectivity index (χ4v) is 5.06. The zero-order valence-corrected chi connectivity index (χ0v) is 19.5. The fraction of sp³-hybridized carbons (Fsp3) is 0.348. The molecule has 9 heteroatoms. The Balaban J connectivity index is 1.87. The van der Waals surface area contributed by atoms with Crippen molar-refractivity contribution in [3.05, 3.63) is 70.1 Å². The number of aryl methyl sites for hydroxylation is 1. The second-order valence-electron chi connectivity index (χ2n) is 7.37. The summed E-state index contributed by atoms with van der Waals surface area (Å²) in [6.45, 7) is 8.34. The van der Waals surface area contributed by atoms with E-state index in [1.54, 1.807) is 69.3 Å². The molecule has 170 valence electrons. The molecule has 2 aromatic carbocycles. The van der Waals surface area contributed by atoms with Crippen molar-refractivity contribution >= 4 is 26.7 Å². The Labute approximate surface area is 187 Å². The number of sulfonamides is 1. The molecule has 0 unspecified atom stereocenters. The van der Waals surface area contributed by atoms with Crippen LogP contribution in [-0.4, -0.2) is 41.5 Å². The van der Waals surface area contributed by atoms with E-state index in [4.69, 9.17) is 0 Å². The van der Waals surface area contributed by atoms with Crippen molar-refractivity contribution in [2.45, 2.75) is 45.2 Å². The van der Waals surface area contributed by atoms with Crippen molar-refractivity contribution in [3.8, 4) is 0 Å². The van der Waals surface area contributed by atoms with Crippen molar-refractivity contribution in [1.29, 1.82) is 0 Å². The molecule has 0 aliphatic carbocycles. The number of amides is 1. The van der Waals surface area contributed by atoms with Crippen LogP contribution in [0.15, 0.2) is 58.2 Å². The first-order chi connectivity index (χ1) is 15.2. The van der Waals surface area contributed by atoms with E-state index in [0.29, 0.717) is 30.4 Å². The van der Waals surface area contributed by atoms with Gasteiger partial charge in [-0.25, -0.2) is 13.1 Å². The SMILES string of the molecule is CCN(CC)S(=O)(=O)c1ccc([C@H](C)NC(=O)c2nn(CC)c(=O)c3ccccc23)cc1. The van der Waals surface area contributed by atoms with Crippen LogP contribution in [0.4, 0.5) is 0 Å². The van der Waals surface area contributed by atoms with E-state index < -0.39 is 22.0 Å². The number of fused-ring (bicyclic) bond motifs is 1. The van der Waals surface area contributed by atoms with Gasteiger partial charge < -0.3 is 5.32 Å². The minimum absolute atomic E-state index is 0.176. The van der Waals surface area contributed by atoms with Gasteiger partial charge in [0.15, 0.2) is 5.69 Å². The normalized spacial score (nSPS) is 12.8. The summed E-state index contributed by atoms with van der Waals surface area (Å²) in [5, 5.41) is 8.09. The van der Waals surface area contributed by atoms with E-state index in [1.165, 1.54) is 8.99 Å². The maximum absolute atomic E-state index is 13.0. The third-order valence-corrected chi connectivity index (χ3v) is 7.52. The summed E-state index contributed by atoms with van der Waals surface area (Å²) in [6, 6.07) is 13.0. The molecule has 0 spiro atoms. The number of nitrogens with zero attached hydrogens (tertiary/aromatic N) is 3. The minimum atomic E-state index is -3.54. The van der Waals surface area contributed by atoms with E-state index in [9.17, 15) is 18.0 Å². The molecule has 1 atom stereocenters. The van der Waals surface area contributed by atoms with Gasteiger partial charge in [0.25, 0.3) is 11.5 Å². The summed E-state index contributed by atoms with van der Waals surface area (Å²) in [5.74, 6) is -0.407. The molecule has 3 aromatic rings. The molecular formula is C23H28N4O4S. The number of carbonyl (C=O) groups is 1. The van der Waals surface area contributed by atoms with Gasteiger partial charge in [-0.2, -0.15) is 9.40 Å². The molecule has 0 saturated carbocycles. The zero-order chi connectivity index (χ0) is 23.5. The van der Waals surface area contributed by atoms with Crippen LogP contribution in [0, 0.1) is 0 Å². The second kappa shape index (κ2) is 9.62. The molecule has 0 saturated heterocycles. The van der Waals surface area contributed by atoms with Crippen LogP contribution in [0.1, 0.15) is 49.8 Å². The van der Waals surface area contributed by atoms with Crippen molar-refractivity contribution in [2.75, 3.05) is 13.1 Å². The summed E-state index contributed by atoms with van der Waals surface area (Å²) in [5.41, 5.74) is 0.692. The summed E-state index contributed by atoms with van der Waals surface area (Å²) < 4.78 is 28.0. The first-order valence-electron chi connectivity index (χ1n) is 10.6. The Morgan fingerprint density at radius 3 is 2.19 bits per heavy atom. The number of carbonyl (C=O) groups excluding carboxylic acids is 1. The van der Waals surface area contributed by atoms with Crippen LogP contribution in [0.2, 0.25) is 0 Å².